The molecule has 0 aliphatic carbocycles. The number of aromatic nitrogens is 3. The molecule has 8 heteroatoms. The molecular formula is C23H27ClN4O3. The SMILES string of the molecule is CCCCCn1c(N2CCC[C@H](C(=O)O)C2)cc(=O)n2cc(-c3ccc(Cl)cc3)nc12. The summed E-state index contributed by atoms with van der Waals surface area (Å²) in [4.78, 5) is 31.4. The number of unbranched alkanes of at least 4 members (excludes halogenated alkanes) is 2. The number of hydrogen-bond donors (Lipinski definition) is 1. The summed E-state index contributed by atoms with van der Waals surface area (Å²) < 4.78 is 3.65. The molecule has 1 fully saturated rings. The minimum absolute atomic E-state index is 0.165. The van der Waals surface area contributed by atoms with Crippen molar-refractivity contribution in [3.63, 3.8) is 0 Å². The average Bonchev–Trinajstić information content (AvgIpc) is 3.22. The number of halogens is 1. The Kier molecular flexibility index (Phi) is 6.32. The van der Waals surface area contributed by atoms with Crippen LogP contribution in [-0.2, 0) is 11.3 Å². The second-order valence-corrected chi connectivity index (χ2v) is 8.56. The van der Waals surface area contributed by atoms with Crippen molar-refractivity contribution in [2.75, 3.05) is 18.0 Å². The van der Waals surface area contributed by atoms with E-state index in [4.69, 9.17) is 16.6 Å². The lowest BCUT2D eigenvalue weighted by Gasteiger charge is -2.34. The van der Waals surface area contributed by atoms with Gasteiger partial charge in [-0.05, 0) is 31.4 Å². The molecule has 1 saturated heterocycles. The van der Waals surface area contributed by atoms with E-state index in [0.717, 1.165) is 50.2 Å². The lowest BCUT2D eigenvalue weighted by Crippen LogP contribution is -2.41. The largest absolute Gasteiger partial charge is 0.481 e. The molecule has 164 valence electrons. The topological polar surface area (TPSA) is 79.8 Å². The Morgan fingerprint density at radius 2 is 2.03 bits per heavy atom. The predicted molar refractivity (Wildman–Crippen MR) is 122 cm³/mol. The van der Waals surface area contributed by atoms with E-state index in [2.05, 4.69) is 11.5 Å². The lowest BCUT2D eigenvalue weighted by molar-refractivity contribution is -0.141. The quantitative estimate of drug-likeness (QED) is 0.551. The number of anilines is 1. The number of hydrogen-bond acceptors (Lipinski definition) is 4. The monoisotopic (exact) mass is 442 g/mol. The Bertz CT molecular complexity index is 1140. The van der Waals surface area contributed by atoms with Crippen LogP contribution in [0.2, 0.25) is 5.02 Å². The zero-order valence-electron chi connectivity index (χ0n) is 17.6. The highest BCUT2D eigenvalue weighted by Crippen LogP contribution is 2.26. The highest BCUT2D eigenvalue weighted by atomic mass is 35.5. The Balaban J connectivity index is 1.81. The molecule has 4 rings (SSSR count). The molecule has 0 radical (unpaired) electrons. The first-order chi connectivity index (χ1) is 15.0. The fourth-order valence-corrected chi connectivity index (χ4v) is 4.35. The molecule has 31 heavy (non-hydrogen) atoms. The first-order valence-electron chi connectivity index (χ1n) is 10.8. The Labute approximate surface area is 185 Å². The average molecular weight is 443 g/mol. The van der Waals surface area contributed by atoms with Crippen molar-refractivity contribution in [2.24, 2.45) is 5.92 Å². The summed E-state index contributed by atoms with van der Waals surface area (Å²) in [6.45, 7) is 4.01. The van der Waals surface area contributed by atoms with Gasteiger partial charge in [0.1, 0.15) is 5.82 Å². The number of aryl methyl sites for hydroxylation is 1. The van der Waals surface area contributed by atoms with Crippen molar-refractivity contribution in [1.82, 2.24) is 14.0 Å². The molecule has 0 bridgehead atoms. The summed E-state index contributed by atoms with van der Waals surface area (Å²) in [6, 6.07) is 9.01. The van der Waals surface area contributed by atoms with Crippen LogP contribution in [-0.4, -0.2) is 38.1 Å². The third kappa shape index (κ3) is 4.46. The molecular weight excluding hydrogens is 416 g/mol. The van der Waals surface area contributed by atoms with Gasteiger partial charge in [-0.3, -0.25) is 18.6 Å². The molecule has 1 N–H and O–H groups in total. The van der Waals surface area contributed by atoms with Crippen LogP contribution in [0.25, 0.3) is 17.0 Å². The minimum Gasteiger partial charge on any atom is -0.481 e. The molecule has 7 nitrogen and oxygen atoms in total. The van der Waals surface area contributed by atoms with E-state index in [-0.39, 0.29) is 5.56 Å². The van der Waals surface area contributed by atoms with Crippen LogP contribution in [0.1, 0.15) is 39.0 Å². The van der Waals surface area contributed by atoms with Crippen molar-refractivity contribution in [3.8, 4) is 11.3 Å². The fraction of sp³-hybridized carbons (Fsp3) is 0.435. The van der Waals surface area contributed by atoms with Crippen molar-refractivity contribution >= 4 is 29.2 Å². The predicted octanol–water partition coefficient (Wildman–Crippen LogP) is 4.31. The molecule has 3 heterocycles. The molecule has 1 atom stereocenters. The molecule has 0 unspecified atom stereocenters. The van der Waals surface area contributed by atoms with E-state index in [1.807, 2.05) is 17.0 Å². The van der Waals surface area contributed by atoms with E-state index in [1.54, 1.807) is 28.8 Å². The minimum atomic E-state index is -0.781. The maximum atomic E-state index is 13.0. The number of nitrogens with zero attached hydrogens (tertiary/aromatic N) is 4. The second-order valence-electron chi connectivity index (χ2n) is 8.13. The van der Waals surface area contributed by atoms with Crippen LogP contribution in [0.3, 0.4) is 0 Å². The van der Waals surface area contributed by atoms with E-state index in [0.29, 0.717) is 29.5 Å². The highest BCUT2D eigenvalue weighted by molar-refractivity contribution is 6.30. The Morgan fingerprint density at radius 3 is 2.74 bits per heavy atom. The van der Waals surface area contributed by atoms with Crippen LogP contribution in [0.15, 0.2) is 41.3 Å². The third-order valence-corrected chi connectivity index (χ3v) is 6.17. The van der Waals surface area contributed by atoms with Gasteiger partial charge in [0.25, 0.3) is 5.56 Å². The summed E-state index contributed by atoms with van der Waals surface area (Å²) >= 11 is 6.01. The van der Waals surface area contributed by atoms with Crippen molar-refractivity contribution in [2.45, 2.75) is 45.6 Å². The number of fused-ring (bicyclic) bond motifs is 1. The molecule has 0 spiro atoms. The number of rotatable bonds is 7. The number of carbonyl (C=O) groups is 1. The van der Waals surface area contributed by atoms with Gasteiger partial charge >= 0.3 is 5.97 Å². The van der Waals surface area contributed by atoms with Crippen LogP contribution in [0.4, 0.5) is 5.82 Å². The Hall–Kier alpha value is -2.80. The zero-order valence-corrected chi connectivity index (χ0v) is 18.4. The molecule has 3 aromatic rings. The number of piperidine rings is 1. The van der Waals surface area contributed by atoms with Gasteiger partial charge in [-0.25, -0.2) is 4.98 Å². The fourth-order valence-electron chi connectivity index (χ4n) is 4.23. The van der Waals surface area contributed by atoms with Gasteiger partial charge < -0.3 is 10.0 Å². The molecule has 0 saturated carbocycles. The van der Waals surface area contributed by atoms with E-state index in [1.165, 1.54) is 0 Å². The van der Waals surface area contributed by atoms with Crippen LogP contribution in [0, 0.1) is 5.92 Å². The zero-order chi connectivity index (χ0) is 22.0. The van der Waals surface area contributed by atoms with Gasteiger partial charge in [-0.15, -0.1) is 0 Å². The van der Waals surface area contributed by atoms with Crippen molar-refractivity contribution in [3.05, 3.63) is 51.9 Å². The number of imidazole rings is 1. The van der Waals surface area contributed by atoms with Crippen molar-refractivity contribution in [1.29, 1.82) is 0 Å². The highest BCUT2D eigenvalue weighted by Gasteiger charge is 2.28. The van der Waals surface area contributed by atoms with Gasteiger partial charge in [-0.1, -0.05) is 43.5 Å². The normalized spacial score (nSPS) is 16.7. The van der Waals surface area contributed by atoms with Crippen LogP contribution < -0.4 is 10.5 Å². The standard InChI is InChI=1S/C23H27ClN4O3/c1-2-3-4-12-27-20(26-11-5-6-17(14-26)22(30)31)13-21(29)28-15-19(25-23(27)28)16-7-9-18(24)10-8-16/h7-10,13,15,17H,2-6,11-12,14H2,1H3,(H,30,31)/t17-/m0/s1. The van der Waals surface area contributed by atoms with Gasteiger partial charge in [0.15, 0.2) is 0 Å². The summed E-state index contributed by atoms with van der Waals surface area (Å²) in [6.07, 6.45) is 6.33. The molecule has 2 aromatic heterocycles. The van der Waals surface area contributed by atoms with Crippen molar-refractivity contribution < 1.29 is 9.90 Å². The van der Waals surface area contributed by atoms with Gasteiger partial charge in [-0.2, -0.15) is 0 Å². The first kappa shape index (κ1) is 21.4. The summed E-state index contributed by atoms with van der Waals surface area (Å²) in [7, 11) is 0. The summed E-state index contributed by atoms with van der Waals surface area (Å²) in [5.74, 6) is 0.138. The molecule has 1 aliphatic rings. The Morgan fingerprint density at radius 1 is 1.26 bits per heavy atom. The summed E-state index contributed by atoms with van der Waals surface area (Å²) in [5.41, 5.74) is 1.43. The molecule has 1 aromatic carbocycles. The third-order valence-electron chi connectivity index (χ3n) is 5.92. The molecule has 1 aliphatic heterocycles. The lowest BCUT2D eigenvalue weighted by atomic mass is 9.98. The maximum absolute atomic E-state index is 13.0. The second kappa shape index (κ2) is 9.14. The number of benzene rings is 1. The van der Waals surface area contributed by atoms with Gasteiger partial charge in [0.05, 0.1) is 11.6 Å². The van der Waals surface area contributed by atoms with Crippen LogP contribution >= 0.6 is 11.6 Å². The smallest absolute Gasteiger partial charge is 0.308 e. The summed E-state index contributed by atoms with van der Waals surface area (Å²) in [5, 5.41) is 10.1. The van der Waals surface area contributed by atoms with E-state index >= 15 is 0 Å². The number of aliphatic carboxylic acids is 1. The first-order valence-corrected chi connectivity index (χ1v) is 11.2. The van der Waals surface area contributed by atoms with Gasteiger partial charge in [0, 0.05) is 42.5 Å². The van der Waals surface area contributed by atoms with E-state index in [9.17, 15) is 14.7 Å². The van der Waals surface area contributed by atoms with Crippen LogP contribution in [0.5, 0.6) is 0 Å². The number of carboxylic acid groups (broad SMARTS) is 1. The molecule has 0 amide bonds. The number of carboxylic acids is 1. The van der Waals surface area contributed by atoms with E-state index < -0.39 is 11.9 Å². The van der Waals surface area contributed by atoms with Gasteiger partial charge in [0.2, 0.25) is 5.78 Å². The maximum Gasteiger partial charge on any atom is 0.308 e.